The largest absolute Gasteiger partial charge is 0.497 e. The van der Waals surface area contributed by atoms with Gasteiger partial charge in [0.05, 0.1) is 29.1 Å². The lowest BCUT2D eigenvalue weighted by Crippen LogP contribution is -2.17. The molecule has 26 heavy (non-hydrogen) atoms. The number of rotatable bonds is 7. The molecule has 0 aromatic heterocycles. The van der Waals surface area contributed by atoms with Crippen molar-refractivity contribution in [2.24, 2.45) is 5.73 Å². The first-order valence-corrected chi connectivity index (χ1v) is 9.72. The third kappa shape index (κ3) is 4.42. The van der Waals surface area contributed by atoms with Gasteiger partial charge in [-0.05, 0) is 56.2 Å². The van der Waals surface area contributed by atoms with Crippen LogP contribution in [0.25, 0.3) is 0 Å². The van der Waals surface area contributed by atoms with E-state index in [0.717, 1.165) is 5.56 Å². The van der Waals surface area contributed by atoms with E-state index in [-0.39, 0.29) is 28.0 Å². The number of methoxy groups -OCH3 is 1. The minimum absolute atomic E-state index is 0.0190. The van der Waals surface area contributed by atoms with Crippen molar-refractivity contribution in [3.05, 3.63) is 53.6 Å². The van der Waals surface area contributed by atoms with Gasteiger partial charge in [0.1, 0.15) is 5.75 Å². The van der Waals surface area contributed by atoms with E-state index in [4.69, 9.17) is 15.2 Å². The first-order chi connectivity index (χ1) is 12.3. The second kappa shape index (κ2) is 8.33. The van der Waals surface area contributed by atoms with Gasteiger partial charge in [0, 0.05) is 6.04 Å². The normalized spacial score (nSPS) is 12.5. The van der Waals surface area contributed by atoms with Crippen molar-refractivity contribution in [3.8, 4) is 5.75 Å². The summed E-state index contributed by atoms with van der Waals surface area (Å²) in [7, 11) is -2.45. The van der Waals surface area contributed by atoms with Crippen LogP contribution in [0.5, 0.6) is 5.75 Å². The van der Waals surface area contributed by atoms with Crippen LogP contribution < -0.4 is 10.5 Å². The zero-order valence-corrected chi connectivity index (χ0v) is 15.9. The topological polar surface area (TPSA) is 95.7 Å². The Kier molecular flexibility index (Phi) is 6.39. The fraction of sp³-hybridized carbons (Fsp3) is 0.316. The molecule has 2 N–H and O–H groups in total. The number of ether oxygens (including phenoxy) is 2. The van der Waals surface area contributed by atoms with Crippen molar-refractivity contribution in [2.45, 2.75) is 36.1 Å². The van der Waals surface area contributed by atoms with Gasteiger partial charge >= 0.3 is 5.97 Å². The van der Waals surface area contributed by atoms with Crippen LogP contribution in [0, 0.1) is 0 Å². The van der Waals surface area contributed by atoms with E-state index in [1.807, 2.05) is 6.92 Å². The first-order valence-electron chi connectivity index (χ1n) is 8.24. The van der Waals surface area contributed by atoms with Crippen molar-refractivity contribution in [2.75, 3.05) is 13.7 Å². The average Bonchev–Trinajstić information content (AvgIpc) is 2.61. The fourth-order valence-corrected chi connectivity index (χ4v) is 3.97. The summed E-state index contributed by atoms with van der Waals surface area (Å²) in [5, 5.41) is 0. The Balaban J connectivity index is 2.49. The average molecular weight is 377 g/mol. The molecule has 0 aliphatic rings. The van der Waals surface area contributed by atoms with E-state index in [1.165, 1.54) is 37.4 Å². The Morgan fingerprint density at radius 3 is 2.35 bits per heavy atom. The van der Waals surface area contributed by atoms with Gasteiger partial charge in [-0.25, -0.2) is 13.2 Å². The number of hydrogen-bond acceptors (Lipinski definition) is 6. The zero-order valence-electron chi connectivity index (χ0n) is 15.1. The summed E-state index contributed by atoms with van der Waals surface area (Å²) in [4.78, 5) is 12.2. The van der Waals surface area contributed by atoms with Gasteiger partial charge in [0.15, 0.2) is 0 Å². The fourth-order valence-electron chi connectivity index (χ4n) is 2.54. The second-order valence-electron chi connectivity index (χ2n) is 5.91. The molecule has 0 unspecified atom stereocenters. The summed E-state index contributed by atoms with van der Waals surface area (Å²) in [6, 6.07) is 10.7. The lowest BCUT2D eigenvalue weighted by Gasteiger charge is -2.12. The molecule has 0 fully saturated rings. The SMILES string of the molecule is CCOC(=O)c1cc(OC)ccc1S(=O)(=O)c1ccc(C[C@@H](C)N)cc1. The maximum absolute atomic E-state index is 13.0. The van der Waals surface area contributed by atoms with E-state index < -0.39 is 15.8 Å². The van der Waals surface area contributed by atoms with E-state index in [0.29, 0.717) is 12.2 Å². The van der Waals surface area contributed by atoms with Gasteiger partial charge in [-0.3, -0.25) is 0 Å². The molecular weight excluding hydrogens is 354 g/mol. The number of sulfone groups is 1. The van der Waals surface area contributed by atoms with Crippen LogP contribution >= 0.6 is 0 Å². The van der Waals surface area contributed by atoms with Crippen molar-refractivity contribution in [3.63, 3.8) is 0 Å². The molecule has 0 spiro atoms. The molecule has 1 atom stereocenters. The Bertz CT molecular complexity index is 873. The van der Waals surface area contributed by atoms with Crippen molar-refractivity contribution in [1.82, 2.24) is 0 Å². The Morgan fingerprint density at radius 1 is 1.15 bits per heavy atom. The summed E-state index contributed by atoms with van der Waals surface area (Å²) in [5.74, 6) is -0.335. The molecule has 2 rings (SSSR count). The maximum Gasteiger partial charge on any atom is 0.339 e. The first kappa shape index (κ1) is 19.9. The molecule has 0 aliphatic heterocycles. The Hall–Kier alpha value is -2.38. The highest BCUT2D eigenvalue weighted by Gasteiger charge is 2.26. The molecule has 0 saturated carbocycles. The minimum Gasteiger partial charge on any atom is -0.497 e. The highest BCUT2D eigenvalue weighted by atomic mass is 32.2. The summed E-state index contributed by atoms with van der Waals surface area (Å²) < 4.78 is 36.1. The molecule has 6 nitrogen and oxygen atoms in total. The van der Waals surface area contributed by atoms with E-state index in [1.54, 1.807) is 19.1 Å². The highest BCUT2D eigenvalue weighted by Crippen LogP contribution is 2.28. The Labute approximate surface area is 153 Å². The number of esters is 1. The van der Waals surface area contributed by atoms with Gasteiger partial charge in [-0.1, -0.05) is 12.1 Å². The number of nitrogens with two attached hydrogens (primary N) is 1. The predicted molar refractivity (Wildman–Crippen MR) is 98.2 cm³/mol. The van der Waals surface area contributed by atoms with E-state index in [9.17, 15) is 13.2 Å². The maximum atomic E-state index is 13.0. The van der Waals surface area contributed by atoms with Crippen molar-refractivity contribution in [1.29, 1.82) is 0 Å². The molecular formula is C19H23NO5S. The van der Waals surface area contributed by atoms with Crippen LogP contribution in [0.2, 0.25) is 0 Å². The minimum atomic E-state index is -3.89. The van der Waals surface area contributed by atoms with Crippen LogP contribution in [-0.4, -0.2) is 34.1 Å². The third-order valence-electron chi connectivity index (χ3n) is 3.76. The smallest absolute Gasteiger partial charge is 0.339 e. The number of benzene rings is 2. The number of hydrogen-bond donors (Lipinski definition) is 1. The van der Waals surface area contributed by atoms with Crippen LogP contribution in [0.4, 0.5) is 0 Å². The summed E-state index contributed by atoms with van der Waals surface area (Å²) >= 11 is 0. The molecule has 2 aromatic carbocycles. The molecule has 0 radical (unpaired) electrons. The number of carbonyl (C=O) groups is 1. The van der Waals surface area contributed by atoms with Crippen molar-refractivity contribution < 1.29 is 22.7 Å². The van der Waals surface area contributed by atoms with Crippen molar-refractivity contribution >= 4 is 15.8 Å². The van der Waals surface area contributed by atoms with Gasteiger partial charge < -0.3 is 15.2 Å². The summed E-state index contributed by atoms with van der Waals surface area (Å²) in [6.07, 6.45) is 0.650. The van der Waals surface area contributed by atoms with Gasteiger partial charge in [-0.2, -0.15) is 0 Å². The molecule has 7 heteroatoms. The van der Waals surface area contributed by atoms with Crippen LogP contribution in [0.15, 0.2) is 52.3 Å². The molecule has 2 aromatic rings. The summed E-state index contributed by atoms with van der Waals surface area (Å²) in [5.41, 5.74) is 6.66. The zero-order chi connectivity index (χ0) is 19.3. The molecule has 0 bridgehead atoms. The third-order valence-corrected chi connectivity index (χ3v) is 5.59. The molecule has 0 aliphatic carbocycles. The van der Waals surface area contributed by atoms with Crippen LogP contribution in [0.3, 0.4) is 0 Å². The van der Waals surface area contributed by atoms with Crippen LogP contribution in [0.1, 0.15) is 29.8 Å². The van der Waals surface area contributed by atoms with E-state index >= 15 is 0 Å². The van der Waals surface area contributed by atoms with E-state index in [2.05, 4.69) is 0 Å². The predicted octanol–water partition coefficient (Wildman–Crippen LogP) is 2.59. The van der Waals surface area contributed by atoms with Gasteiger partial charge in [0.2, 0.25) is 9.84 Å². The lowest BCUT2D eigenvalue weighted by atomic mass is 10.1. The Morgan fingerprint density at radius 2 is 1.81 bits per heavy atom. The lowest BCUT2D eigenvalue weighted by molar-refractivity contribution is 0.0521. The van der Waals surface area contributed by atoms with Gasteiger partial charge in [-0.15, -0.1) is 0 Å². The second-order valence-corrected chi connectivity index (χ2v) is 7.83. The summed E-state index contributed by atoms with van der Waals surface area (Å²) in [6.45, 7) is 3.68. The van der Waals surface area contributed by atoms with Gasteiger partial charge in [0.25, 0.3) is 0 Å². The van der Waals surface area contributed by atoms with Crippen LogP contribution in [-0.2, 0) is 21.0 Å². The number of carbonyl (C=O) groups excluding carboxylic acids is 1. The molecule has 0 heterocycles. The monoisotopic (exact) mass is 377 g/mol. The highest BCUT2D eigenvalue weighted by molar-refractivity contribution is 7.91. The molecule has 0 amide bonds. The molecule has 0 saturated heterocycles. The standard InChI is InChI=1S/C19H23NO5S/c1-4-25-19(21)17-12-15(24-3)7-10-18(17)26(22,23)16-8-5-14(6-9-16)11-13(2)20/h5-10,12-13H,4,11,20H2,1-3H3/t13-/m1/s1. The molecule has 140 valence electrons. The quantitative estimate of drug-likeness (QED) is 0.745.